The highest BCUT2D eigenvalue weighted by Gasteiger charge is 2.09. The summed E-state index contributed by atoms with van der Waals surface area (Å²) in [7, 11) is 0. The molecule has 0 bridgehead atoms. The second-order valence-electron chi connectivity index (χ2n) is 5.31. The Hall–Kier alpha value is -2.75. The zero-order chi connectivity index (χ0) is 16.2. The van der Waals surface area contributed by atoms with E-state index in [-0.39, 0.29) is 11.2 Å². The highest BCUT2D eigenvalue weighted by Crippen LogP contribution is 2.17. The van der Waals surface area contributed by atoms with E-state index >= 15 is 0 Å². The SMILES string of the molecule is [CH2]Cc1cn(Cc2ccncc2)cc(-c2ccc(F)cc2)c1=O. The zero-order valence-corrected chi connectivity index (χ0v) is 12.6. The Kier molecular flexibility index (Phi) is 4.33. The van der Waals surface area contributed by atoms with Gasteiger partial charge in [-0.2, -0.15) is 0 Å². The maximum atomic E-state index is 13.1. The molecule has 0 unspecified atom stereocenters. The zero-order valence-electron chi connectivity index (χ0n) is 12.6. The summed E-state index contributed by atoms with van der Waals surface area (Å²) in [5, 5.41) is 0. The number of nitrogens with zero attached hydrogens (tertiary/aromatic N) is 2. The molecule has 4 heteroatoms. The van der Waals surface area contributed by atoms with Crippen LogP contribution in [0.25, 0.3) is 11.1 Å². The van der Waals surface area contributed by atoms with E-state index in [2.05, 4.69) is 11.9 Å². The van der Waals surface area contributed by atoms with Gasteiger partial charge in [-0.1, -0.05) is 12.1 Å². The highest BCUT2D eigenvalue weighted by molar-refractivity contribution is 5.63. The van der Waals surface area contributed by atoms with Crippen LogP contribution < -0.4 is 5.43 Å². The minimum atomic E-state index is -0.320. The summed E-state index contributed by atoms with van der Waals surface area (Å²) in [6.45, 7) is 4.46. The summed E-state index contributed by atoms with van der Waals surface area (Å²) >= 11 is 0. The Morgan fingerprint density at radius 1 is 1.04 bits per heavy atom. The van der Waals surface area contributed by atoms with E-state index in [4.69, 9.17) is 0 Å². The molecule has 3 nitrogen and oxygen atoms in total. The monoisotopic (exact) mass is 307 g/mol. The Labute approximate surface area is 134 Å². The number of hydrogen-bond donors (Lipinski definition) is 0. The van der Waals surface area contributed by atoms with Crippen LogP contribution in [0.1, 0.15) is 11.1 Å². The molecule has 1 aromatic carbocycles. The Morgan fingerprint density at radius 3 is 2.39 bits per heavy atom. The first-order valence-corrected chi connectivity index (χ1v) is 7.34. The molecule has 3 aromatic rings. The van der Waals surface area contributed by atoms with Gasteiger partial charge in [0.05, 0.1) is 0 Å². The van der Waals surface area contributed by atoms with Crippen LogP contribution in [-0.2, 0) is 13.0 Å². The van der Waals surface area contributed by atoms with Crippen molar-refractivity contribution in [2.45, 2.75) is 13.0 Å². The van der Waals surface area contributed by atoms with Crippen molar-refractivity contribution >= 4 is 0 Å². The van der Waals surface area contributed by atoms with Crippen LogP contribution in [0.5, 0.6) is 0 Å². The Balaban J connectivity index is 2.07. The number of aromatic nitrogens is 2. The quantitative estimate of drug-likeness (QED) is 0.739. The minimum absolute atomic E-state index is 0.0578. The van der Waals surface area contributed by atoms with Crippen LogP contribution in [0.4, 0.5) is 4.39 Å². The van der Waals surface area contributed by atoms with E-state index in [1.807, 2.05) is 22.9 Å². The third kappa shape index (κ3) is 3.37. The van der Waals surface area contributed by atoms with Gasteiger partial charge in [-0.05, 0) is 48.7 Å². The molecule has 3 rings (SSSR count). The van der Waals surface area contributed by atoms with Gasteiger partial charge in [0, 0.05) is 42.5 Å². The van der Waals surface area contributed by atoms with Gasteiger partial charge in [-0.25, -0.2) is 4.39 Å². The molecule has 0 aliphatic rings. The standard InChI is InChI=1S/C19H16FN2O/c1-2-15-12-22(11-14-7-9-21-10-8-14)13-18(19(15)23)16-3-5-17(20)6-4-16/h3-10,12-13H,1-2,11H2. The predicted molar refractivity (Wildman–Crippen MR) is 88.5 cm³/mol. The van der Waals surface area contributed by atoms with Gasteiger partial charge in [0.15, 0.2) is 5.43 Å². The van der Waals surface area contributed by atoms with E-state index < -0.39 is 0 Å². The molecule has 0 aliphatic carbocycles. The van der Waals surface area contributed by atoms with E-state index in [1.54, 1.807) is 30.7 Å². The fourth-order valence-corrected chi connectivity index (χ4v) is 2.50. The summed E-state index contributed by atoms with van der Waals surface area (Å²) in [5.41, 5.74) is 2.93. The van der Waals surface area contributed by atoms with Gasteiger partial charge < -0.3 is 4.57 Å². The van der Waals surface area contributed by atoms with Gasteiger partial charge in [0.1, 0.15) is 5.82 Å². The molecule has 23 heavy (non-hydrogen) atoms. The number of halogens is 1. The van der Waals surface area contributed by atoms with Gasteiger partial charge in [-0.3, -0.25) is 9.78 Å². The fourth-order valence-electron chi connectivity index (χ4n) is 2.50. The molecule has 0 spiro atoms. The van der Waals surface area contributed by atoms with Gasteiger partial charge in [0.2, 0.25) is 0 Å². The molecule has 115 valence electrons. The molecule has 0 amide bonds. The van der Waals surface area contributed by atoms with Crippen LogP contribution in [-0.4, -0.2) is 9.55 Å². The molecule has 0 saturated heterocycles. The van der Waals surface area contributed by atoms with Crippen molar-refractivity contribution in [3.63, 3.8) is 0 Å². The van der Waals surface area contributed by atoms with Crippen LogP contribution in [0, 0.1) is 12.7 Å². The largest absolute Gasteiger partial charge is 0.349 e. The number of benzene rings is 1. The van der Waals surface area contributed by atoms with Gasteiger partial charge in [0.25, 0.3) is 0 Å². The van der Waals surface area contributed by atoms with Crippen molar-refractivity contribution in [2.75, 3.05) is 0 Å². The van der Waals surface area contributed by atoms with Crippen LogP contribution in [0.2, 0.25) is 0 Å². The lowest BCUT2D eigenvalue weighted by Crippen LogP contribution is -2.15. The first-order chi connectivity index (χ1) is 11.2. The lowest BCUT2D eigenvalue weighted by Gasteiger charge is -2.12. The topological polar surface area (TPSA) is 34.9 Å². The first-order valence-electron chi connectivity index (χ1n) is 7.34. The molecule has 0 fully saturated rings. The van der Waals surface area contributed by atoms with Crippen molar-refractivity contribution in [3.8, 4) is 11.1 Å². The van der Waals surface area contributed by atoms with E-state index in [0.717, 1.165) is 5.56 Å². The average molecular weight is 307 g/mol. The molecule has 2 heterocycles. The van der Waals surface area contributed by atoms with E-state index in [0.29, 0.717) is 29.7 Å². The van der Waals surface area contributed by atoms with Crippen LogP contribution in [0.3, 0.4) is 0 Å². The summed E-state index contributed by atoms with van der Waals surface area (Å²) in [4.78, 5) is 16.5. The Morgan fingerprint density at radius 2 is 1.74 bits per heavy atom. The summed E-state index contributed by atoms with van der Waals surface area (Å²) in [5.74, 6) is -0.320. The second-order valence-corrected chi connectivity index (χ2v) is 5.31. The third-order valence-corrected chi connectivity index (χ3v) is 3.69. The van der Waals surface area contributed by atoms with Crippen LogP contribution >= 0.6 is 0 Å². The molecular formula is C19H16FN2O. The molecule has 0 aliphatic heterocycles. The number of pyridine rings is 2. The van der Waals surface area contributed by atoms with Crippen molar-refractivity contribution in [3.05, 3.63) is 95.3 Å². The van der Waals surface area contributed by atoms with Crippen molar-refractivity contribution < 1.29 is 4.39 Å². The van der Waals surface area contributed by atoms with Crippen molar-refractivity contribution in [1.29, 1.82) is 0 Å². The molecular weight excluding hydrogens is 291 g/mol. The lowest BCUT2D eigenvalue weighted by molar-refractivity contribution is 0.628. The van der Waals surface area contributed by atoms with Crippen LogP contribution in [0.15, 0.2) is 66.0 Å². The average Bonchev–Trinajstić information content (AvgIpc) is 2.58. The van der Waals surface area contributed by atoms with Crippen molar-refractivity contribution in [2.24, 2.45) is 0 Å². The van der Waals surface area contributed by atoms with Gasteiger partial charge in [-0.15, -0.1) is 0 Å². The predicted octanol–water partition coefficient (Wildman–Crippen LogP) is 3.47. The fraction of sp³-hybridized carbons (Fsp3) is 0.105. The Bertz CT molecular complexity index is 855. The smallest absolute Gasteiger partial charge is 0.192 e. The summed E-state index contributed by atoms with van der Waals surface area (Å²) in [6.07, 6.45) is 7.50. The van der Waals surface area contributed by atoms with Gasteiger partial charge >= 0.3 is 0 Å². The molecule has 1 radical (unpaired) electrons. The maximum Gasteiger partial charge on any atom is 0.192 e. The van der Waals surface area contributed by atoms with Crippen molar-refractivity contribution in [1.82, 2.24) is 9.55 Å². The number of rotatable bonds is 4. The summed E-state index contributed by atoms with van der Waals surface area (Å²) in [6, 6.07) is 9.82. The maximum absolute atomic E-state index is 13.1. The molecule has 2 aromatic heterocycles. The molecule has 0 N–H and O–H groups in total. The van der Waals surface area contributed by atoms with E-state index in [9.17, 15) is 9.18 Å². The molecule has 0 saturated carbocycles. The van der Waals surface area contributed by atoms with E-state index in [1.165, 1.54) is 12.1 Å². The normalized spacial score (nSPS) is 10.7. The second kappa shape index (κ2) is 6.57. The summed E-state index contributed by atoms with van der Waals surface area (Å²) < 4.78 is 15.1. The number of hydrogen-bond acceptors (Lipinski definition) is 2. The third-order valence-electron chi connectivity index (χ3n) is 3.69. The molecule has 0 atom stereocenters. The first kappa shape index (κ1) is 15.2. The highest BCUT2D eigenvalue weighted by atomic mass is 19.1. The minimum Gasteiger partial charge on any atom is -0.349 e. The lowest BCUT2D eigenvalue weighted by atomic mass is 10.0.